The molecule has 20 heavy (non-hydrogen) atoms. The van der Waals surface area contributed by atoms with Crippen LogP contribution in [0, 0.1) is 0 Å². The van der Waals surface area contributed by atoms with Crippen LogP contribution in [0.15, 0.2) is 54.9 Å². The molecule has 5 heteroatoms. The Morgan fingerprint density at radius 3 is 2.35 bits per heavy atom. The predicted molar refractivity (Wildman–Crippen MR) is 76.2 cm³/mol. The lowest BCUT2D eigenvalue weighted by Gasteiger charge is -2.14. The number of hydrogen-bond donors (Lipinski definition) is 2. The fraction of sp³-hybridized carbons (Fsp3) is 0.133. The highest BCUT2D eigenvalue weighted by molar-refractivity contribution is 6.00. The lowest BCUT2D eigenvalue weighted by molar-refractivity contribution is -0.117. The molecular formula is C15H15N3O2. The third-order valence-electron chi connectivity index (χ3n) is 2.72. The zero-order chi connectivity index (χ0) is 14.4. The molecule has 0 spiro atoms. The van der Waals surface area contributed by atoms with Gasteiger partial charge in [0, 0.05) is 23.6 Å². The summed E-state index contributed by atoms with van der Waals surface area (Å²) in [5.41, 5.74) is 1.17. The van der Waals surface area contributed by atoms with Crippen LogP contribution < -0.4 is 10.6 Å². The van der Waals surface area contributed by atoms with Crippen molar-refractivity contribution in [3.8, 4) is 0 Å². The molecule has 2 aromatic rings. The summed E-state index contributed by atoms with van der Waals surface area (Å²) in [5, 5.41) is 5.37. The molecule has 0 bridgehead atoms. The number of amides is 2. The van der Waals surface area contributed by atoms with Crippen LogP contribution >= 0.6 is 0 Å². The van der Waals surface area contributed by atoms with Crippen molar-refractivity contribution in [2.75, 3.05) is 5.32 Å². The number of carbonyl (C=O) groups is 2. The third-order valence-corrected chi connectivity index (χ3v) is 2.72. The Balaban J connectivity index is 1.93. The van der Waals surface area contributed by atoms with Crippen molar-refractivity contribution in [3.63, 3.8) is 0 Å². The molecule has 5 nitrogen and oxygen atoms in total. The molecule has 0 aliphatic heterocycles. The molecule has 1 heterocycles. The van der Waals surface area contributed by atoms with Gasteiger partial charge in [-0.25, -0.2) is 0 Å². The standard InChI is InChI=1S/C15H15N3O2/c1-11(14(19)18-13-5-3-2-4-6-13)17-15(20)12-7-9-16-10-8-12/h2-11H,1H3,(H,17,20)(H,18,19)/t11-/m0/s1. The molecule has 2 amide bonds. The van der Waals surface area contributed by atoms with Gasteiger partial charge in [-0.05, 0) is 31.2 Å². The minimum atomic E-state index is -0.629. The lowest BCUT2D eigenvalue weighted by Crippen LogP contribution is -2.41. The summed E-state index contributed by atoms with van der Waals surface area (Å²) in [4.78, 5) is 27.7. The molecule has 0 fully saturated rings. The number of carbonyl (C=O) groups excluding carboxylic acids is 2. The number of hydrogen-bond acceptors (Lipinski definition) is 3. The van der Waals surface area contributed by atoms with Gasteiger partial charge in [0.2, 0.25) is 5.91 Å². The van der Waals surface area contributed by atoms with Gasteiger partial charge in [0.05, 0.1) is 0 Å². The van der Waals surface area contributed by atoms with Crippen LogP contribution in [-0.2, 0) is 4.79 Å². The molecule has 102 valence electrons. The zero-order valence-corrected chi connectivity index (χ0v) is 11.0. The van der Waals surface area contributed by atoms with Gasteiger partial charge < -0.3 is 10.6 Å². The number of anilines is 1. The predicted octanol–water partition coefficient (Wildman–Crippen LogP) is 1.84. The first-order chi connectivity index (χ1) is 9.66. The van der Waals surface area contributed by atoms with E-state index in [2.05, 4.69) is 15.6 Å². The van der Waals surface area contributed by atoms with Gasteiger partial charge in [-0.1, -0.05) is 18.2 Å². The van der Waals surface area contributed by atoms with Gasteiger partial charge in [-0.3, -0.25) is 14.6 Å². The van der Waals surface area contributed by atoms with Crippen LogP contribution in [0.25, 0.3) is 0 Å². The number of rotatable bonds is 4. The molecule has 0 aliphatic rings. The lowest BCUT2D eigenvalue weighted by atomic mass is 10.2. The number of nitrogens with zero attached hydrogens (tertiary/aromatic N) is 1. The van der Waals surface area contributed by atoms with E-state index < -0.39 is 6.04 Å². The molecule has 0 saturated heterocycles. The summed E-state index contributed by atoms with van der Waals surface area (Å²) in [7, 11) is 0. The summed E-state index contributed by atoms with van der Waals surface area (Å²) in [6.45, 7) is 1.64. The largest absolute Gasteiger partial charge is 0.341 e. The van der Waals surface area contributed by atoms with Crippen molar-refractivity contribution in [3.05, 3.63) is 60.4 Å². The monoisotopic (exact) mass is 269 g/mol. The van der Waals surface area contributed by atoms with E-state index in [1.807, 2.05) is 18.2 Å². The minimum absolute atomic E-state index is 0.265. The maximum atomic E-state index is 11.9. The highest BCUT2D eigenvalue weighted by atomic mass is 16.2. The van der Waals surface area contributed by atoms with E-state index in [0.717, 1.165) is 0 Å². The van der Waals surface area contributed by atoms with Crippen molar-refractivity contribution in [2.24, 2.45) is 0 Å². The van der Waals surface area contributed by atoms with E-state index >= 15 is 0 Å². The second-order valence-corrected chi connectivity index (χ2v) is 4.29. The number of aromatic nitrogens is 1. The maximum absolute atomic E-state index is 11.9. The van der Waals surface area contributed by atoms with E-state index in [0.29, 0.717) is 11.3 Å². The van der Waals surface area contributed by atoms with Crippen LogP contribution in [0.1, 0.15) is 17.3 Å². The SMILES string of the molecule is C[C@H](NC(=O)c1ccncc1)C(=O)Nc1ccccc1. The van der Waals surface area contributed by atoms with Crippen LogP contribution in [0.4, 0.5) is 5.69 Å². The van der Waals surface area contributed by atoms with Gasteiger partial charge >= 0.3 is 0 Å². The van der Waals surface area contributed by atoms with Crippen molar-refractivity contribution in [1.82, 2.24) is 10.3 Å². The maximum Gasteiger partial charge on any atom is 0.252 e. The molecule has 2 rings (SSSR count). The average Bonchev–Trinajstić information content (AvgIpc) is 2.49. The van der Waals surface area contributed by atoms with Gasteiger partial charge in [0.15, 0.2) is 0 Å². The minimum Gasteiger partial charge on any atom is -0.341 e. The van der Waals surface area contributed by atoms with E-state index in [-0.39, 0.29) is 11.8 Å². The van der Waals surface area contributed by atoms with E-state index in [9.17, 15) is 9.59 Å². The Morgan fingerprint density at radius 1 is 1.05 bits per heavy atom. The molecule has 1 atom stereocenters. The Kier molecular flexibility index (Phi) is 4.44. The van der Waals surface area contributed by atoms with Gasteiger partial charge in [0.1, 0.15) is 6.04 Å². The van der Waals surface area contributed by atoms with E-state index in [1.165, 1.54) is 12.4 Å². The zero-order valence-electron chi connectivity index (χ0n) is 11.0. The summed E-state index contributed by atoms with van der Waals surface area (Å²) in [6, 6.07) is 11.7. The molecule has 0 aliphatic carbocycles. The quantitative estimate of drug-likeness (QED) is 0.889. The van der Waals surface area contributed by atoms with Crippen LogP contribution in [0.3, 0.4) is 0 Å². The molecule has 1 aromatic heterocycles. The number of pyridine rings is 1. The molecule has 0 unspecified atom stereocenters. The molecule has 2 N–H and O–H groups in total. The fourth-order valence-electron chi connectivity index (χ4n) is 1.62. The summed E-state index contributed by atoms with van der Waals surface area (Å²) < 4.78 is 0. The Morgan fingerprint density at radius 2 is 1.70 bits per heavy atom. The molecular weight excluding hydrogens is 254 g/mol. The Labute approximate surface area is 117 Å². The van der Waals surface area contributed by atoms with E-state index in [4.69, 9.17) is 0 Å². The molecule has 0 saturated carbocycles. The first kappa shape index (κ1) is 13.7. The van der Waals surface area contributed by atoms with E-state index in [1.54, 1.807) is 31.2 Å². The van der Waals surface area contributed by atoms with Crippen LogP contribution in [-0.4, -0.2) is 22.8 Å². The van der Waals surface area contributed by atoms with Crippen molar-refractivity contribution in [2.45, 2.75) is 13.0 Å². The van der Waals surface area contributed by atoms with Crippen molar-refractivity contribution >= 4 is 17.5 Å². The van der Waals surface area contributed by atoms with Gasteiger partial charge in [-0.2, -0.15) is 0 Å². The first-order valence-corrected chi connectivity index (χ1v) is 6.23. The molecule has 0 radical (unpaired) electrons. The fourth-order valence-corrected chi connectivity index (χ4v) is 1.62. The van der Waals surface area contributed by atoms with Gasteiger partial charge in [0.25, 0.3) is 5.91 Å². The second-order valence-electron chi connectivity index (χ2n) is 4.29. The Bertz CT molecular complexity index is 585. The molecule has 1 aromatic carbocycles. The highest BCUT2D eigenvalue weighted by Gasteiger charge is 2.16. The van der Waals surface area contributed by atoms with Crippen molar-refractivity contribution < 1.29 is 9.59 Å². The summed E-state index contributed by atoms with van der Waals surface area (Å²) in [5.74, 6) is -0.568. The summed E-state index contributed by atoms with van der Waals surface area (Å²) in [6.07, 6.45) is 3.06. The number of benzene rings is 1. The average molecular weight is 269 g/mol. The smallest absolute Gasteiger partial charge is 0.252 e. The second kappa shape index (κ2) is 6.47. The van der Waals surface area contributed by atoms with Crippen LogP contribution in [0.2, 0.25) is 0 Å². The topological polar surface area (TPSA) is 71.1 Å². The third kappa shape index (κ3) is 3.65. The van der Waals surface area contributed by atoms with Crippen LogP contribution in [0.5, 0.6) is 0 Å². The van der Waals surface area contributed by atoms with Crippen molar-refractivity contribution in [1.29, 1.82) is 0 Å². The Hall–Kier alpha value is -2.69. The first-order valence-electron chi connectivity index (χ1n) is 6.23. The normalized spacial score (nSPS) is 11.4. The number of nitrogens with one attached hydrogen (secondary N) is 2. The number of para-hydroxylation sites is 1. The highest BCUT2D eigenvalue weighted by Crippen LogP contribution is 2.05. The van der Waals surface area contributed by atoms with Gasteiger partial charge in [-0.15, -0.1) is 0 Å². The summed E-state index contributed by atoms with van der Waals surface area (Å²) >= 11 is 0.